The number of amides is 2. The SMILES string of the molecule is CCC(=O)NC(=S)NNC(=O)c1ccc(OCc2ccccc2)cc1. The van der Waals surface area contributed by atoms with Crippen LogP contribution in [0, 0.1) is 0 Å². The van der Waals surface area contributed by atoms with Crippen LogP contribution in [-0.4, -0.2) is 16.9 Å². The molecule has 7 heteroatoms. The summed E-state index contributed by atoms with van der Waals surface area (Å²) in [6.07, 6.45) is 0.306. The summed E-state index contributed by atoms with van der Waals surface area (Å²) in [5, 5.41) is 2.47. The van der Waals surface area contributed by atoms with Crippen LogP contribution in [0.4, 0.5) is 0 Å². The molecule has 0 saturated carbocycles. The maximum atomic E-state index is 12.0. The minimum absolute atomic E-state index is 0.0445. The smallest absolute Gasteiger partial charge is 0.269 e. The van der Waals surface area contributed by atoms with Gasteiger partial charge in [0.05, 0.1) is 0 Å². The maximum Gasteiger partial charge on any atom is 0.269 e. The number of carbonyl (C=O) groups excluding carboxylic acids is 2. The Morgan fingerprint density at radius 2 is 1.68 bits per heavy atom. The number of thiocarbonyl (C=S) groups is 1. The lowest BCUT2D eigenvalue weighted by Gasteiger charge is -2.11. The summed E-state index contributed by atoms with van der Waals surface area (Å²) in [5.74, 6) is 0.0634. The zero-order valence-corrected chi connectivity index (χ0v) is 14.6. The van der Waals surface area contributed by atoms with E-state index >= 15 is 0 Å². The average Bonchev–Trinajstić information content (AvgIpc) is 2.65. The highest BCUT2D eigenvalue weighted by atomic mass is 32.1. The number of ether oxygens (including phenoxy) is 1. The molecule has 0 spiro atoms. The molecule has 0 atom stereocenters. The molecule has 0 heterocycles. The molecule has 0 saturated heterocycles. The number of rotatable bonds is 5. The molecule has 0 radical (unpaired) electrons. The van der Waals surface area contributed by atoms with Gasteiger partial charge >= 0.3 is 0 Å². The summed E-state index contributed by atoms with van der Waals surface area (Å²) in [6, 6.07) is 16.5. The number of carbonyl (C=O) groups is 2. The second-order valence-electron chi connectivity index (χ2n) is 5.11. The van der Waals surface area contributed by atoms with Crippen LogP contribution in [0.1, 0.15) is 29.3 Å². The predicted molar refractivity (Wildman–Crippen MR) is 98.8 cm³/mol. The highest BCUT2D eigenvalue weighted by molar-refractivity contribution is 7.80. The second-order valence-corrected chi connectivity index (χ2v) is 5.52. The molecule has 0 aliphatic carbocycles. The Bertz CT molecular complexity index is 733. The van der Waals surface area contributed by atoms with Crippen molar-refractivity contribution in [3.63, 3.8) is 0 Å². The lowest BCUT2D eigenvalue weighted by Crippen LogP contribution is -2.48. The van der Waals surface area contributed by atoms with Gasteiger partial charge in [0.2, 0.25) is 5.91 Å². The van der Waals surface area contributed by atoms with Gasteiger partial charge in [-0.05, 0) is 42.0 Å². The third-order valence-corrected chi connectivity index (χ3v) is 3.43. The van der Waals surface area contributed by atoms with E-state index in [1.807, 2.05) is 30.3 Å². The highest BCUT2D eigenvalue weighted by Crippen LogP contribution is 2.14. The molecule has 2 rings (SSSR count). The summed E-state index contributed by atoms with van der Waals surface area (Å²) < 4.78 is 5.67. The van der Waals surface area contributed by atoms with Crippen molar-refractivity contribution >= 4 is 29.1 Å². The van der Waals surface area contributed by atoms with Crippen LogP contribution in [-0.2, 0) is 11.4 Å². The van der Waals surface area contributed by atoms with Crippen LogP contribution in [0.25, 0.3) is 0 Å². The predicted octanol–water partition coefficient (Wildman–Crippen LogP) is 2.31. The van der Waals surface area contributed by atoms with Crippen LogP contribution in [0.15, 0.2) is 54.6 Å². The fourth-order valence-electron chi connectivity index (χ4n) is 1.88. The number of hydrazine groups is 1. The minimum atomic E-state index is -0.372. The van der Waals surface area contributed by atoms with Crippen molar-refractivity contribution in [2.45, 2.75) is 20.0 Å². The molecular weight excluding hydrogens is 338 g/mol. The van der Waals surface area contributed by atoms with E-state index < -0.39 is 0 Å². The highest BCUT2D eigenvalue weighted by Gasteiger charge is 2.07. The van der Waals surface area contributed by atoms with Gasteiger partial charge in [-0.2, -0.15) is 0 Å². The molecule has 0 fully saturated rings. The van der Waals surface area contributed by atoms with Gasteiger partial charge in [-0.1, -0.05) is 37.3 Å². The lowest BCUT2D eigenvalue weighted by atomic mass is 10.2. The zero-order valence-electron chi connectivity index (χ0n) is 13.7. The monoisotopic (exact) mass is 357 g/mol. The third-order valence-electron chi connectivity index (χ3n) is 3.23. The Kier molecular flexibility index (Phi) is 6.91. The van der Waals surface area contributed by atoms with E-state index in [0.29, 0.717) is 24.3 Å². The molecular formula is C18H19N3O3S. The Hall–Kier alpha value is -2.93. The molecule has 0 bridgehead atoms. The van der Waals surface area contributed by atoms with Crippen molar-refractivity contribution in [1.82, 2.24) is 16.2 Å². The first-order valence-electron chi connectivity index (χ1n) is 7.75. The van der Waals surface area contributed by atoms with Gasteiger partial charge in [-0.3, -0.25) is 20.4 Å². The molecule has 0 aliphatic rings. The molecule has 2 aromatic rings. The van der Waals surface area contributed by atoms with Gasteiger partial charge in [0.25, 0.3) is 5.91 Å². The van der Waals surface area contributed by atoms with E-state index in [4.69, 9.17) is 17.0 Å². The van der Waals surface area contributed by atoms with Crippen LogP contribution >= 0.6 is 12.2 Å². The summed E-state index contributed by atoms with van der Waals surface area (Å²) in [5.41, 5.74) is 6.40. The van der Waals surface area contributed by atoms with E-state index in [-0.39, 0.29) is 16.9 Å². The van der Waals surface area contributed by atoms with Crippen molar-refractivity contribution in [2.75, 3.05) is 0 Å². The van der Waals surface area contributed by atoms with Crippen LogP contribution in [0.5, 0.6) is 5.75 Å². The fourth-order valence-corrected chi connectivity index (χ4v) is 2.04. The standard InChI is InChI=1S/C18H19N3O3S/c1-2-16(22)19-18(25)21-20-17(23)14-8-10-15(11-9-14)24-12-13-6-4-3-5-7-13/h3-11H,2,12H2,1H3,(H,20,23)(H2,19,21,22,25). The largest absolute Gasteiger partial charge is 0.489 e. The molecule has 6 nitrogen and oxygen atoms in total. The van der Waals surface area contributed by atoms with Crippen molar-refractivity contribution in [3.05, 3.63) is 65.7 Å². The van der Waals surface area contributed by atoms with Gasteiger partial charge in [0.1, 0.15) is 12.4 Å². The first kappa shape index (κ1) is 18.4. The molecule has 25 heavy (non-hydrogen) atoms. The summed E-state index contributed by atoms with van der Waals surface area (Å²) >= 11 is 4.89. The van der Waals surface area contributed by atoms with Gasteiger partial charge in [0, 0.05) is 12.0 Å². The van der Waals surface area contributed by atoms with Crippen LogP contribution in [0.3, 0.4) is 0 Å². The summed E-state index contributed by atoms with van der Waals surface area (Å²) in [7, 11) is 0. The summed E-state index contributed by atoms with van der Waals surface area (Å²) in [6.45, 7) is 2.16. The van der Waals surface area contributed by atoms with Gasteiger partial charge in [0.15, 0.2) is 5.11 Å². The Balaban J connectivity index is 1.81. The van der Waals surface area contributed by atoms with Gasteiger partial charge in [-0.25, -0.2) is 0 Å². The average molecular weight is 357 g/mol. The molecule has 3 N–H and O–H groups in total. The first-order chi connectivity index (χ1) is 12.1. The van der Waals surface area contributed by atoms with E-state index in [9.17, 15) is 9.59 Å². The van der Waals surface area contributed by atoms with E-state index in [1.54, 1.807) is 31.2 Å². The number of hydrogen-bond acceptors (Lipinski definition) is 4. The lowest BCUT2D eigenvalue weighted by molar-refractivity contribution is -0.119. The molecule has 0 aromatic heterocycles. The molecule has 0 aliphatic heterocycles. The Morgan fingerprint density at radius 1 is 1.00 bits per heavy atom. The van der Waals surface area contributed by atoms with E-state index in [1.165, 1.54) is 0 Å². The number of hydrogen-bond donors (Lipinski definition) is 3. The summed E-state index contributed by atoms with van der Waals surface area (Å²) in [4.78, 5) is 23.2. The van der Waals surface area contributed by atoms with Crippen molar-refractivity contribution in [2.24, 2.45) is 0 Å². The normalized spacial score (nSPS) is 9.80. The van der Waals surface area contributed by atoms with Gasteiger partial charge in [-0.15, -0.1) is 0 Å². The van der Waals surface area contributed by atoms with Crippen molar-refractivity contribution in [1.29, 1.82) is 0 Å². The maximum absolute atomic E-state index is 12.0. The molecule has 2 aromatic carbocycles. The Morgan fingerprint density at radius 3 is 2.32 bits per heavy atom. The topological polar surface area (TPSA) is 79.5 Å². The van der Waals surface area contributed by atoms with E-state index in [0.717, 1.165) is 5.56 Å². The first-order valence-corrected chi connectivity index (χ1v) is 8.16. The fraction of sp³-hybridized carbons (Fsp3) is 0.167. The molecule has 2 amide bonds. The molecule has 130 valence electrons. The van der Waals surface area contributed by atoms with Gasteiger partial charge < -0.3 is 10.1 Å². The number of benzene rings is 2. The third kappa shape index (κ3) is 6.23. The van der Waals surface area contributed by atoms with Crippen LogP contribution < -0.4 is 20.9 Å². The second kappa shape index (κ2) is 9.39. The van der Waals surface area contributed by atoms with Crippen molar-refractivity contribution < 1.29 is 14.3 Å². The van der Waals surface area contributed by atoms with E-state index in [2.05, 4.69) is 16.2 Å². The number of nitrogens with one attached hydrogen (secondary N) is 3. The Labute approximate surface area is 151 Å². The van der Waals surface area contributed by atoms with Crippen LogP contribution in [0.2, 0.25) is 0 Å². The van der Waals surface area contributed by atoms with Crippen molar-refractivity contribution in [3.8, 4) is 5.75 Å². The zero-order chi connectivity index (χ0) is 18.1. The minimum Gasteiger partial charge on any atom is -0.489 e. The quantitative estimate of drug-likeness (QED) is 0.565. The molecule has 0 unspecified atom stereocenters.